The molecule has 1 fully saturated rings. The zero-order valence-corrected chi connectivity index (χ0v) is 18.5. The second kappa shape index (κ2) is 10.3. The van der Waals surface area contributed by atoms with Gasteiger partial charge in [-0.05, 0) is 51.0 Å². The Kier molecular flexibility index (Phi) is 7.52. The number of Topliss-reactive ketones (excluding diaryl/α,β-unsaturated/α-hetero) is 1. The van der Waals surface area contributed by atoms with E-state index in [4.69, 9.17) is 18.9 Å². The molecule has 1 aliphatic rings. The molecule has 166 valence electrons. The molecule has 1 atom stereocenters. The third-order valence-electron chi connectivity index (χ3n) is 5.47. The number of benzene rings is 1. The van der Waals surface area contributed by atoms with Gasteiger partial charge in [-0.1, -0.05) is 0 Å². The first-order chi connectivity index (χ1) is 14.9. The fourth-order valence-electron chi connectivity index (χ4n) is 3.73. The lowest BCUT2D eigenvalue weighted by molar-refractivity contribution is -0.136. The second-order valence-electron chi connectivity index (χ2n) is 7.50. The number of nitrogens with zero attached hydrogens (tertiary/aromatic N) is 1. The van der Waals surface area contributed by atoms with Gasteiger partial charge in [-0.2, -0.15) is 0 Å². The third kappa shape index (κ3) is 5.55. The van der Waals surface area contributed by atoms with Crippen molar-refractivity contribution in [1.29, 1.82) is 0 Å². The van der Waals surface area contributed by atoms with Crippen LogP contribution in [0, 0.1) is 13.8 Å². The Morgan fingerprint density at radius 2 is 2.00 bits per heavy atom. The quantitative estimate of drug-likeness (QED) is 0.345. The Morgan fingerprint density at radius 1 is 1.19 bits per heavy atom. The Bertz CT molecular complexity index is 969. The van der Waals surface area contributed by atoms with E-state index in [-0.39, 0.29) is 18.5 Å². The summed E-state index contributed by atoms with van der Waals surface area (Å²) in [6, 6.07) is 7.11. The van der Waals surface area contributed by atoms with Gasteiger partial charge < -0.3 is 23.5 Å². The summed E-state index contributed by atoms with van der Waals surface area (Å²) < 4.78 is 23.4. The fourth-order valence-corrected chi connectivity index (χ4v) is 3.73. The van der Waals surface area contributed by atoms with Crippen LogP contribution in [0.15, 0.2) is 30.3 Å². The maximum atomic E-state index is 12.6. The van der Waals surface area contributed by atoms with Gasteiger partial charge in [0, 0.05) is 47.8 Å². The molecule has 31 heavy (non-hydrogen) atoms. The van der Waals surface area contributed by atoms with Crippen molar-refractivity contribution < 1.29 is 28.5 Å². The van der Waals surface area contributed by atoms with Gasteiger partial charge in [0.1, 0.15) is 11.5 Å². The van der Waals surface area contributed by atoms with Gasteiger partial charge >= 0.3 is 5.97 Å². The van der Waals surface area contributed by atoms with Crippen LogP contribution in [-0.4, -0.2) is 49.9 Å². The normalized spacial score (nSPS) is 15.9. The number of aryl methyl sites for hydroxylation is 1. The summed E-state index contributed by atoms with van der Waals surface area (Å²) in [7, 11) is 3.11. The van der Waals surface area contributed by atoms with Crippen molar-refractivity contribution in [2.24, 2.45) is 0 Å². The number of carbonyl (C=O) groups is 2. The Morgan fingerprint density at radius 3 is 2.68 bits per heavy atom. The highest BCUT2D eigenvalue weighted by Crippen LogP contribution is 2.25. The van der Waals surface area contributed by atoms with Crippen molar-refractivity contribution in [3.63, 3.8) is 0 Å². The highest BCUT2D eigenvalue weighted by molar-refractivity contribution is 6.00. The minimum absolute atomic E-state index is 0.186. The minimum atomic E-state index is -0.598. The fraction of sp³-hybridized carbons (Fsp3) is 0.417. The number of esters is 1. The van der Waals surface area contributed by atoms with Crippen LogP contribution in [0.2, 0.25) is 0 Å². The standard InChI is InChI=1S/C24H29NO6/c1-16-12-21(17(2)25(16)14-20-6-5-11-30-20)22(26)15-31-24(27)10-8-18-7-9-19(28-3)13-23(18)29-4/h7-10,12-13,20H,5-6,11,14-15H2,1-4H3/b10-8+/t20-/m1/s1. The maximum absolute atomic E-state index is 12.6. The monoisotopic (exact) mass is 427 g/mol. The van der Waals surface area contributed by atoms with Gasteiger partial charge in [-0.15, -0.1) is 0 Å². The smallest absolute Gasteiger partial charge is 0.331 e. The molecule has 0 N–H and O–H groups in total. The average molecular weight is 427 g/mol. The van der Waals surface area contributed by atoms with Crippen LogP contribution >= 0.6 is 0 Å². The average Bonchev–Trinajstić information content (AvgIpc) is 3.39. The van der Waals surface area contributed by atoms with Gasteiger partial charge in [0.25, 0.3) is 0 Å². The molecule has 0 unspecified atom stereocenters. The van der Waals surface area contributed by atoms with Crippen molar-refractivity contribution in [3.8, 4) is 11.5 Å². The van der Waals surface area contributed by atoms with E-state index in [0.717, 1.165) is 37.4 Å². The van der Waals surface area contributed by atoms with E-state index < -0.39 is 5.97 Å². The third-order valence-corrected chi connectivity index (χ3v) is 5.47. The van der Waals surface area contributed by atoms with E-state index in [1.54, 1.807) is 38.5 Å². The van der Waals surface area contributed by atoms with Crippen molar-refractivity contribution >= 4 is 17.8 Å². The zero-order chi connectivity index (χ0) is 22.4. The van der Waals surface area contributed by atoms with E-state index in [1.165, 1.54) is 6.08 Å². The predicted molar refractivity (Wildman–Crippen MR) is 117 cm³/mol. The van der Waals surface area contributed by atoms with Gasteiger partial charge in [0.15, 0.2) is 6.61 Å². The van der Waals surface area contributed by atoms with E-state index in [1.807, 2.05) is 19.9 Å². The number of ketones is 1. The Labute approximate surface area is 182 Å². The van der Waals surface area contributed by atoms with Crippen LogP contribution in [0.25, 0.3) is 6.08 Å². The molecule has 2 aromatic rings. The Balaban J connectivity index is 1.59. The molecule has 0 radical (unpaired) electrons. The van der Waals surface area contributed by atoms with E-state index in [0.29, 0.717) is 22.6 Å². The molecule has 0 bridgehead atoms. The molecule has 1 aromatic heterocycles. The van der Waals surface area contributed by atoms with E-state index in [9.17, 15) is 9.59 Å². The molecule has 0 spiro atoms. The van der Waals surface area contributed by atoms with Crippen molar-refractivity contribution in [2.45, 2.75) is 39.3 Å². The molecule has 0 amide bonds. The first-order valence-electron chi connectivity index (χ1n) is 10.3. The number of ether oxygens (including phenoxy) is 4. The molecule has 7 nitrogen and oxygen atoms in total. The van der Waals surface area contributed by atoms with Crippen molar-refractivity contribution in [3.05, 3.63) is 52.9 Å². The van der Waals surface area contributed by atoms with Crippen LogP contribution in [0.3, 0.4) is 0 Å². The topological polar surface area (TPSA) is 76.0 Å². The summed E-state index contributed by atoms with van der Waals surface area (Å²) in [6.07, 6.45) is 5.15. The largest absolute Gasteiger partial charge is 0.497 e. The maximum Gasteiger partial charge on any atom is 0.331 e. The summed E-state index contributed by atoms with van der Waals surface area (Å²) >= 11 is 0. The van der Waals surface area contributed by atoms with Crippen LogP contribution < -0.4 is 9.47 Å². The zero-order valence-electron chi connectivity index (χ0n) is 18.5. The first kappa shape index (κ1) is 22.6. The van der Waals surface area contributed by atoms with Crippen molar-refractivity contribution in [1.82, 2.24) is 4.57 Å². The van der Waals surface area contributed by atoms with E-state index >= 15 is 0 Å². The van der Waals surface area contributed by atoms with Crippen molar-refractivity contribution in [2.75, 3.05) is 27.4 Å². The van der Waals surface area contributed by atoms with Crippen LogP contribution in [-0.2, 0) is 20.8 Å². The summed E-state index contributed by atoms with van der Waals surface area (Å²) in [5.74, 6) is 0.396. The predicted octanol–water partition coefficient (Wildman–Crippen LogP) is 3.74. The Hall–Kier alpha value is -3.06. The lowest BCUT2D eigenvalue weighted by Gasteiger charge is -2.14. The molecular formula is C24H29NO6. The lowest BCUT2D eigenvalue weighted by atomic mass is 10.1. The van der Waals surface area contributed by atoms with Gasteiger partial charge in [-0.3, -0.25) is 4.79 Å². The molecule has 0 aliphatic carbocycles. The number of hydrogen-bond donors (Lipinski definition) is 0. The van der Waals surface area contributed by atoms with Crippen LogP contribution in [0.4, 0.5) is 0 Å². The molecule has 3 rings (SSSR count). The molecule has 1 aliphatic heterocycles. The number of methoxy groups -OCH3 is 2. The highest BCUT2D eigenvalue weighted by Gasteiger charge is 2.21. The molecule has 7 heteroatoms. The number of hydrogen-bond acceptors (Lipinski definition) is 6. The molecule has 0 saturated carbocycles. The summed E-state index contributed by atoms with van der Waals surface area (Å²) in [5, 5.41) is 0. The molecule has 1 saturated heterocycles. The SMILES string of the molecule is COc1ccc(/C=C/C(=O)OCC(=O)c2cc(C)n(C[C@H]3CCCO3)c2C)c(OC)c1. The first-order valence-corrected chi connectivity index (χ1v) is 10.3. The van der Waals surface area contributed by atoms with Gasteiger partial charge in [0.05, 0.1) is 20.3 Å². The van der Waals surface area contributed by atoms with Gasteiger partial charge in [0.2, 0.25) is 5.78 Å². The highest BCUT2D eigenvalue weighted by atomic mass is 16.5. The summed E-state index contributed by atoms with van der Waals surface area (Å²) in [5.41, 5.74) is 3.13. The lowest BCUT2D eigenvalue weighted by Crippen LogP contribution is -2.18. The van der Waals surface area contributed by atoms with Crippen LogP contribution in [0.5, 0.6) is 11.5 Å². The number of carbonyl (C=O) groups excluding carboxylic acids is 2. The summed E-state index contributed by atoms with van der Waals surface area (Å²) in [4.78, 5) is 24.8. The van der Waals surface area contributed by atoms with Gasteiger partial charge in [-0.25, -0.2) is 4.79 Å². The molecule has 1 aromatic carbocycles. The van der Waals surface area contributed by atoms with E-state index in [2.05, 4.69) is 4.57 Å². The second-order valence-corrected chi connectivity index (χ2v) is 7.50. The number of aromatic nitrogens is 1. The van der Waals surface area contributed by atoms with Crippen LogP contribution in [0.1, 0.15) is 40.2 Å². The summed E-state index contributed by atoms with van der Waals surface area (Å²) in [6.45, 7) is 5.09. The molecule has 2 heterocycles. The number of rotatable bonds is 9. The minimum Gasteiger partial charge on any atom is -0.497 e. The molecular weight excluding hydrogens is 398 g/mol.